The lowest BCUT2D eigenvalue weighted by molar-refractivity contribution is -0.720. The number of benzene rings is 4. The van der Waals surface area contributed by atoms with E-state index in [0.717, 1.165) is 22.3 Å². The average Bonchev–Trinajstić information content (AvgIpc) is 3.81. The maximum Gasteiger partial charge on any atom is 0.439 e. The molecule has 0 saturated carbocycles. The van der Waals surface area contributed by atoms with Crippen molar-refractivity contribution in [3.8, 4) is 39.8 Å². The quantitative estimate of drug-likeness (QED) is 0.189. The van der Waals surface area contributed by atoms with Gasteiger partial charge in [0, 0.05) is 11.1 Å². The maximum absolute atomic E-state index is 13.5. The van der Waals surface area contributed by atoms with Crippen LogP contribution in [0.5, 0.6) is 6.01 Å². The largest absolute Gasteiger partial charge is 0.465 e. The fraction of sp³-hybridized carbons (Fsp3) is 0.118. The summed E-state index contributed by atoms with van der Waals surface area (Å²) >= 11 is 0. The van der Waals surface area contributed by atoms with E-state index in [1.807, 2.05) is 90.4 Å². The number of rotatable bonds is 10. The van der Waals surface area contributed by atoms with Gasteiger partial charge >= 0.3 is 11.7 Å². The number of imidazole rings is 1. The van der Waals surface area contributed by atoms with Crippen molar-refractivity contribution in [2.45, 2.75) is 20.1 Å². The van der Waals surface area contributed by atoms with Crippen molar-refractivity contribution in [3.63, 3.8) is 0 Å². The van der Waals surface area contributed by atoms with Crippen LogP contribution < -0.4 is 15.1 Å². The Bertz CT molecular complexity index is 2310. The van der Waals surface area contributed by atoms with Gasteiger partial charge in [-0.05, 0) is 40.7 Å². The molecule has 7 aromatic rings. The van der Waals surface area contributed by atoms with Crippen LogP contribution in [0.2, 0.25) is 0 Å². The summed E-state index contributed by atoms with van der Waals surface area (Å²) in [6.45, 7) is 2.24. The minimum atomic E-state index is -0.641. The van der Waals surface area contributed by atoms with Gasteiger partial charge in [-0.15, -0.1) is 0 Å². The molecule has 0 fully saturated rings. The van der Waals surface area contributed by atoms with Gasteiger partial charge in [0.05, 0.1) is 29.7 Å². The number of H-pyrrole nitrogens is 2. The van der Waals surface area contributed by atoms with Crippen molar-refractivity contribution in [1.82, 2.24) is 24.8 Å². The van der Waals surface area contributed by atoms with Crippen LogP contribution in [-0.4, -0.2) is 37.4 Å². The first kappa shape index (κ1) is 29.2. The molecule has 0 spiro atoms. The Morgan fingerprint density at radius 1 is 0.915 bits per heavy atom. The van der Waals surface area contributed by atoms with Gasteiger partial charge in [-0.1, -0.05) is 99.9 Å². The monoisotopic (exact) mass is 631 g/mol. The second-order valence-corrected chi connectivity index (χ2v) is 10.5. The molecule has 47 heavy (non-hydrogen) atoms. The average molecular weight is 632 g/mol. The predicted octanol–water partition coefficient (Wildman–Crippen LogP) is 5.35. The van der Waals surface area contributed by atoms with Crippen molar-refractivity contribution >= 4 is 17.0 Å². The molecule has 0 amide bonds. The van der Waals surface area contributed by atoms with Crippen LogP contribution in [0.4, 0.5) is 0 Å². The molecule has 0 atom stereocenters. The Morgan fingerprint density at radius 2 is 1.68 bits per heavy atom. The molecule has 0 aliphatic heterocycles. The number of para-hydroxylation sites is 1. The molecule has 4 aromatic carbocycles. The molecule has 13 heteroatoms. The highest BCUT2D eigenvalue weighted by Crippen LogP contribution is 2.31. The number of nitrogens with one attached hydrogen (secondary N) is 2. The summed E-state index contributed by atoms with van der Waals surface area (Å²) < 4.78 is 23.3. The zero-order valence-electron chi connectivity index (χ0n) is 25.0. The van der Waals surface area contributed by atoms with Crippen LogP contribution in [0.3, 0.4) is 0 Å². The van der Waals surface area contributed by atoms with Crippen molar-refractivity contribution in [2.24, 2.45) is 0 Å². The molecule has 0 bridgehead atoms. The van der Waals surface area contributed by atoms with Gasteiger partial charge in [-0.3, -0.25) is 14.1 Å². The third-order valence-electron chi connectivity index (χ3n) is 7.60. The highest BCUT2D eigenvalue weighted by molar-refractivity contribution is 6.02. The smallest absolute Gasteiger partial charge is 0.439 e. The molecule has 0 radical (unpaired) electrons. The lowest BCUT2D eigenvalue weighted by atomic mass is 9.98. The highest BCUT2D eigenvalue weighted by atomic mass is 16.7. The first-order chi connectivity index (χ1) is 23.0. The van der Waals surface area contributed by atoms with Crippen LogP contribution >= 0.6 is 0 Å². The molecule has 2 N–H and O–H groups in total. The molecule has 0 saturated heterocycles. The summed E-state index contributed by atoms with van der Waals surface area (Å²) in [6.07, 6.45) is 0. The summed E-state index contributed by atoms with van der Waals surface area (Å²) in [5.74, 6) is -0.928. The van der Waals surface area contributed by atoms with E-state index in [9.17, 15) is 14.5 Å². The van der Waals surface area contributed by atoms with E-state index in [2.05, 4.69) is 20.3 Å². The van der Waals surface area contributed by atoms with Gasteiger partial charge in [0.15, 0.2) is 17.0 Å². The number of carbonyl (C=O) groups excluding carboxylic acids is 1. The van der Waals surface area contributed by atoms with Crippen molar-refractivity contribution in [1.29, 1.82) is 0 Å². The zero-order chi connectivity index (χ0) is 32.3. The topological polar surface area (TPSA) is 164 Å². The molecule has 3 aromatic heterocycles. The second kappa shape index (κ2) is 12.5. The Morgan fingerprint density at radius 3 is 2.43 bits per heavy atom. The first-order valence-electron chi connectivity index (χ1n) is 14.7. The Kier molecular flexibility index (Phi) is 7.76. The van der Waals surface area contributed by atoms with E-state index in [1.54, 1.807) is 18.2 Å². The third-order valence-corrected chi connectivity index (χ3v) is 7.60. The minimum absolute atomic E-state index is 0.122. The van der Waals surface area contributed by atoms with Crippen molar-refractivity contribution in [2.75, 3.05) is 6.61 Å². The van der Waals surface area contributed by atoms with Crippen LogP contribution in [-0.2, 0) is 17.9 Å². The predicted molar refractivity (Wildman–Crippen MR) is 169 cm³/mol. The Labute approximate surface area is 265 Å². The summed E-state index contributed by atoms with van der Waals surface area (Å²) in [5, 5.41) is 6.44. The standard InChI is InChI=1S/C34H26N6O7/c1-2-44-33-35-27-14-8-13-26(32(41)45-20-28-29(37-47-40(28)43)23-9-4-3-5-10-23)30(27)39(33)19-21-15-17-22(18-16-21)24-11-6-7-12-25(24)31-36-34(42)46-38-31/h3-18H,2,19-20H2,1H3,(H-,36,37,38,42,43)/p+1. The van der Waals surface area contributed by atoms with E-state index in [-0.39, 0.29) is 17.9 Å². The van der Waals surface area contributed by atoms with Gasteiger partial charge in [-0.2, -0.15) is 4.98 Å². The summed E-state index contributed by atoms with van der Waals surface area (Å²) in [4.78, 5) is 44.7. The Balaban J connectivity index is 1.19. The summed E-state index contributed by atoms with van der Waals surface area (Å²) in [6, 6.07) is 30.1. The number of aromatic nitrogens is 6. The van der Waals surface area contributed by atoms with Crippen LogP contribution in [0, 0.1) is 4.91 Å². The van der Waals surface area contributed by atoms with Gasteiger partial charge < -0.3 is 9.47 Å². The Hall–Kier alpha value is -6.50. The number of hydrogen-bond acceptors (Lipinski definition) is 9. The number of fused-ring (bicyclic) bond motifs is 1. The van der Waals surface area contributed by atoms with Gasteiger partial charge in [-0.25, -0.2) is 9.59 Å². The van der Waals surface area contributed by atoms with Crippen LogP contribution in [0.25, 0.3) is 44.8 Å². The normalized spacial score (nSPS) is 11.2. The molecule has 3 heterocycles. The molecule has 7 rings (SSSR count). The highest BCUT2D eigenvalue weighted by Gasteiger charge is 2.26. The third kappa shape index (κ3) is 5.73. The number of nitrogens with zero attached hydrogens (tertiary/aromatic N) is 4. The van der Waals surface area contributed by atoms with Gasteiger partial charge in [0.2, 0.25) is 5.69 Å². The number of carbonyl (C=O) groups is 1. The van der Waals surface area contributed by atoms with Crippen molar-refractivity contribution < 1.29 is 28.0 Å². The maximum atomic E-state index is 13.5. The molecular weight excluding hydrogens is 604 g/mol. The number of ether oxygens (including phenoxy) is 2. The number of hydrogen-bond donors (Lipinski definition) is 2. The van der Waals surface area contributed by atoms with Gasteiger partial charge in [0.1, 0.15) is 0 Å². The lowest BCUT2D eigenvalue weighted by Gasteiger charge is -2.12. The fourth-order valence-corrected chi connectivity index (χ4v) is 5.43. The summed E-state index contributed by atoms with van der Waals surface area (Å²) in [7, 11) is 0. The second-order valence-electron chi connectivity index (χ2n) is 10.5. The van der Waals surface area contributed by atoms with E-state index >= 15 is 0 Å². The number of esters is 1. The molecule has 13 nitrogen and oxygen atoms in total. The van der Waals surface area contributed by atoms with Crippen molar-refractivity contribution in [3.05, 3.63) is 129 Å². The van der Waals surface area contributed by atoms with Crippen LogP contribution in [0.1, 0.15) is 28.5 Å². The fourth-order valence-electron chi connectivity index (χ4n) is 5.43. The van der Waals surface area contributed by atoms with E-state index in [1.165, 1.54) is 0 Å². The number of aromatic amines is 2. The SMILES string of the molecule is CCOc1nc2cccc(C(=O)OCc3c(-c4ccccc4)[nH]o[n+]3=O)c2n1Cc1ccc(-c2ccccc2-c2noc(=O)[nH]2)cc1. The molecule has 234 valence electrons. The molecular formula is C34H27N6O7+. The molecule has 0 aliphatic carbocycles. The van der Waals surface area contributed by atoms with E-state index in [0.29, 0.717) is 51.9 Å². The summed E-state index contributed by atoms with van der Waals surface area (Å²) in [5.41, 5.74) is 5.99. The van der Waals surface area contributed by atoms with E-state index < -0.39 is 11.7 Å². The lowest BCUT2D eigenvalue weighted by Crippen LogP contribution is -2.19. The van der Waals surface area contributed by atoms with Gasteiger partial charge in [0.25, 0.3) is 11.7 Å². The minimum Gasteiger partial charge on any atom is -0.465 e. The molecule has 0 unspecified atom stereocenters. The van der Waals surface area contributed by atoms with E-state index in [4.69, 9.17) is 18.6 Å². The first-order valence-corrected chi connectivity index (χ1v) is 14.7. The zero-order valence-corrected chi connectivity index (χ0v) is 25.0. The van der Waals surface area contributed by atoms with Crippen LogP contribution in [0.15, 0.2) is 111 Å². The molecule has 0 aliphatic rings.